The van der Waals surface area contributed by atoms with Crippen LogP contribution in [0.4, 0.5) is 11.6 Å². The van der Waals surface area contributed by atoms with E-state index >= 15 is 0 Å². The first-order valence-electron chi connectivity index (χ1n) is 8.06. The molecule has 1 amide bonds. The molecule has 0 radical (unpaired) electrons. The molecule has 1 aromatic heterocycles. The molecular weight excluding hydrogens is 304 g/mol. The smallest absolute Gasteiger partial charge is 0.274 e. The minimum absolute atomic E-state index is 0.282. The lowest BCUT2D eigenvalue weighted by Crippen LogP contribution is -2.23. The van der Waals surface area contributed by atoms with E-state index in [0.717, 1.165) is 25.1 Å². The van der Waals surface area contributed by atoms with Gasteiger partial charge in [0.1, 0.15) is 11.4 Å². The summed E-state index contributed by atoms with van der Waals surface area (Å²) in [4.78, 5) is 23.3. The molecule has 2 rings (SSSR count). The Hall–Kier alpha value is -2.63. The quantitative estimate of drug-likeness (QED) is 0.845. The first-order valence-corrected chi connectivity index (χ1v) is 8.06. The molecule has 0 bridgehead atoms. The molecule has 0 saturated heterocycles. The van der Waals surface area contributed by atoms with Gasteiger partial charge in [-0.2, -0.15) is 0 Å². The predicted octanol–water partition coefficient (Wildman–Crippen LogP) is 3.28. The molecule has 6 heteroatoms. The Labute approximate surface area is 142 Å². The van der Waals surface area contributed by atoms with E-state index in [9.17, 15) is 4.79 Å². The highest BCUT2D eigenvalue weighted by Crippen LogP contribution is 2.23. The summed E-state index contributed by atoms with van der Waals surface area (Å²) in [6.07, 6.45) is 2.15. The monoisotopic (exact) mass is 328 g/mol. The number of carbonyl (C=O) groups excluding carboxylic acids is 1. The summed E-state index contributed by atoms with van der Waals surface area (Å²) in [5.41, 5.74) is 1.71. The number of anilines is 2. The van der Waals surface area contributed by atoms with Gasteiger partial charge in [0.05, 0.1) is 12.8 Å². The molecule has 6 nitrogen and oxygen atoms in total. The first-order chi connectivity index (χ1) is 11.5. The number of unbranched alkanes of at least 4 members (excludes halogenated alkanes) is 1. The number of amides is 1. The topological polar surface area (TPSA) is 67.4 Å². The average molecular weight is 328 g/mol. The third-order valence-electron chi connectivity index (χ3n) is 3.62. The fraction of sp³-hybridized carbons (Fsp3) is 0.389. The van der Waals surface area contributed by atoms with E-state index in [1.165, 1.54) is 0 Å². The predicted molar refractivity (Wildman–Crippen MR) is 95.9 cm³/mol. The molecule has 0 aliphatic heterocycles. The van der Waals surface area contributed by atoms with Crippen molar-refractivity contribution in [2.24, 2.45) is 0 Å². The van der Waals surface area contributed by atoms with Crippen LogP contribution in [0.2, 0.25) is 0 Å². The van der Waals surface area contributed by atoms with E-state index in [0.29, 0.717) is 23.1 Å². The SMILES string of the molecule is CCCCN(C)c1nc(C)cc(C(=O)Nc2ccccc2OC)n1. The fourth-order valence-corrected chi connectivity index (χ4v) is 2.27. The van der Waals surface area contributed by atoms with E-state index < -0.39 is 0 Å². The van der Waals surface area contributed by atoms with Crippen molar-refractivity contribution >= 4 is 17.5 Å². The van der Waals surface area contributed by atoms with E-state index in [1.807, 2.05) is 31.0 Å². The van der Waals surface area contributed by atoms with Crippen LogP contribution in [-0.4, -0.2) is 36.6 Å². The number of nitrogens with zero attached hydrogens (tertiary/aromatic N) is 3. The van der Waals surface area contributed by atoms with Crippen molar-refractivity contribution in [2.75, 3.05) is 30.9 Å². The summed E-state index contributed by atoms with van der Waals surface area (Å²) in [6.45, 7) is 4.85. The fourth-order valence-electron chi connectivity index (χ4n) is 2.27. The Morgan fingerprint density at radius 3 is 2.75 bits per heavy atom. The van der Waals surface area contributed by atoms with E-state index in [2.05, 4.69) is 22.2 Å². The van der Waals surface area contributed by atoms with Gasteiger partial charge in [0, 0.05) is 19.3 Å². The number of aromatic nitrogens is 2. The molecule has 0 saturated carbocycles. The van der Waals surface area contributed by atoms with Crippen molar-refractivity contribution in [1.82, 2.24) is 9.97 Å². The van der Waals surface area contributed by atoms with Crippen molar-refractivity contribution < 1.29 is 9.53 Å². The van der Waals surface area contributed by atoms with Crippen molar-refractivity contribution in [2.45, 2.75) is 26.7 Å². The molecule has 0 fully saturated rings. The lowest BCUT2D eigenvalue weighted by molar-refractivity contribution is 0.102. The van der Waals surface area contributed by atoms with Crippen LogP contribution < -0.4 is 15.0 Å². The molecular formula is C18H24N4O2. The maximum absolute atomic E-state index is 12.5. The van der Waals surface area contributed by atoms with Gasteiger partial charge in [-0.3, -0.25) is 4.79 Å². The Morgan fingerprint density at radius 1 is 1.29 bits per heavy atom. The number of rotatable bonds is 7. The molecule has 2 aromatic rings. The normalized spacial score (nSPS) is 10.3. The van der Waals surface area contributed by atoms with Crippen LogP contribution in [0.3, 0.4) is 0 Å². The average Bonchev–Trinajstić information content (AvgIpc) is 2.59. The standard InChI is InChI=1S/C18H24N4O2/c1-5-6-11-22(3)18-19-13(2)12-15(21-18)17(23)20-14-9-7-8-10-16(14)24-4/h7-10,12H,5-6,11H2,1-4H3,(H,20,23). The molecule has 0 atom stereocenters. The highest BCUT2D eigenvalue weighted by Gasteiger charge is 2.14. The Kier molecular flexibility index (Phi) is 6.12. The van der Waals surface area contributed by atoms with Gasteiger partial charge in [0.15, 0.2) is 0 Å². The second-order valence-corrected chi connectivity index (χ2v) is 5.62. The second-order valence-electron chi connectivity index (χ2n) is 5.62. The number of hydrogen-bond acceptors (Lipinski definition) is 5. The third-order valence-corrected chi connectivity index (χ3v) is 3.62. The zero-order chi connectivity index (χ0) is 17.5. The zero-order valence-corrected chi connectivity index (χ0v) is 14.7. The number of methoxy groups -OCH3 is 1. The highest BCUT2D eigenvalue weighted by atomic mass is 16.5. The van der Waals surface area contributed by atoms with Gasteiger partial charge < -0.3 is 15.0 Å². The summed E-state index contributed by atoms with van der Waals surface area (Å²) in [5.74, 6) is 0.890. The summed E-state index contributed by atoms with van der Waals surface area (Å²) >= 11 is 0. The number of benzene rings is 1. The Morgan fingerprint density at radius 2 is 2.04 bits per heavy atom. The second kappa shape index (κ2) is 8.29. The zero-order valence-electron chi connectivity index (χ0n) is 14.7. The number of hydrogen-bond donors (Lipinski definition) is 1. The number of ether oxygens (including phenoxy) is 1. The molecule has 1 heterocycles. The molecule has 1 N–H and O–H groups in total. The van der Waals surface area contributed by atoms with Crippen LogP contribution in [0, 0.1) is 6.92 Å². The molecule has 128 valence electrons. The Balaban J connectivity index is 2.21. The van der Waals surface area contributed by atoms with E-state index in [-0.39, 0.29) is 5.91 Å². The van der Waals surface area contributed by atoms with E-state index in [1.54, 1.807) is 25.3 Å². The largest absolute Gasteiger partial charge is 0.495 e. The summed E-state index contributed by atoms with van der Waals surface area (Å²) in [7, 11) is 3.51. The maximum atomic E-state index is 12.5. The van der Waals surface area contributed by atoms with E-state index in [4.69, 9.17) is 4.74 Å². The van der Waals surface area contributed by atoms with Crippen LogP contribution in [0.15, 0.2) is 30.3 Å². The van der Waals surface area contributed by atoms with Crippen molar-refractivity contribution in [3.05, 3.63) is 41.7 Å². The van der Waals surface area contributed by atoms with Gasteiger partial charge >= 0.3 is 0 Å². The molecule has 0 aliphatic rings. The molecule has 0 aliphatic carbocycles. The van der Waals surface area contributed by atoms with Crippen LogP contribution in [0.1, 0.15) is 35.9 Å². The number of carbonyl (C=O) groups is 1. The van der Waals surface area contributed by atoms with Gasteiger partial charge in [0.2, 0.25) is 5.95 Å². The molecule has 0 spiro atoms. The third kappa shape index (κ3) is 4.44. The van der Waals surface area contributed by atoms with Crippen LogP contribution in [0.25, 0.3) is 0 Å². The summed E-state index contributed by atoms with van der Waals surface area (Å²) in [5, 5.41) is 2.84. The Bertz CT molecular complexity index is 703. The highest BCUT2D eigenvalue weighted by molar-refractivity contribution is 6.03. The van der Waals surface area contributed by atoms with Crippen LogP contribution >= 0.6 is 0 Å². The maximum Gasteiger partial charge on any atom is 0.274 e. The van der Waals surface area contributed by atoms with Crippen molar-refractivity contribution in [3.8, 4) is 5.75 Å². The molecule has 1 aromatic carbocycles. The van der Waals surface area contributed by atoms with Crippen LogP contribution in [-0.2, 0) is 0 Å². The number of nitrogens with one attached hydrogen (secondary N) is 1. The lowest BCUT2D eigenvalue weighted by Gasteiger charge is -2.17. The minimum Gasteiger partial charge on any atom is -0.495 e. The first kappa shape index (κ1) is 17.7. The van der Waals surface area contributed by atoms with Gasteiger partial charge in [-0.05, 0) is 31.5 Å². The van der Waals surface area contributed by atoms with Crippen molar-refractivity contribution in [1.29, 1.82) is 0 Å². The summed E-state index contributed by atoms with van der Waals surface area (Å²) < 4.78 is 5.26. The molecule has 0 unspecified atom stereocenters. The van der Waals surface area contributed by atoms with Gasteiger partial charge in [-0.25, -0.2) is 9.97 Å². The summed E-state index contributed by atoms with van der Waals surface area (Å²) in [6, 6.07) is 8.96. The number of aryl methyl sites for hydroxylation is 1. The number of para-hydroxylation sites is 2. The lowest BCUT2D eigenvalue weighted by atomic mass is 10.2. The van der Waals surface area contributed by atoms with Crippen molar-refractivity contribution in [3.63, 3.8) is 0 Å². The van der Waals surface area contributed by atoms with Gasteiger partial charge in [-0.15, -0.1) is 0 Å². The van der Waals surface area contributed by atoms with Crippen LogP contribution in [0.5, 0.6) is 5.75 Å². The van der Waals surface area contributed by atoms with Gasteiger partial charge in [-0.1, -0.05) is 25.5 Å². The minimum atomic E-state index is -0.282. The van der Waals surface area contributed by atoms with Gasteiger partial charge in [0.25, 0.3) is 5.91 Å². The molecule has 24 heavy (non-hydrogen) atoms.